The molecular formula is C20H23N3O3. The van der Waals surface area contributed by atoms with E-state index in [0.29, 0.717) is 35.5 Å². The lowest BCUT2D eigenvalue weighted by Crippen LogP contribution is -2.25. The molecule has 0 bridgehead atoms. The quantitative estimate of drug-likeness (QED) is 0.655. The summed E-state index contributed by atoms with van der Waals surface area (Å²) in [7, 11) is 0. The molecular weight excluding hydrogens is 330 g/mol. The van der Waals surface area contributed by atoms with E-state index < -0.39 is 0 Å². The summed E-state index contributed by atoms with van der Waals surface area (Å²) in [5.74, 6) is -0.150. The number of nitrogens with zero attached hydrogens (tertiary/aromatic N) is 2. The maximum absolute atomic E-state index is 12.5. The molecule has 0 aliphatic heterocycles. The predicted octanol–water partition coefficient (Wildman–Crippen LogP) is 3.74. The van der Waals surface area contributed by atoms with Crippen molar-refractivity contribution in [2.24, 2.45) is 0 Å². The highest BCUT2D eigenvalue weighted by Crippen LogP contribution is 2.21. The number of hydrogen-bond acceptors (Lipinski definition) is 5. The zero-order chi connectivity index (χ0) is 18.5. The summed E-state index contributed by atoms with van der Waals surface area (Å²) >= 11 is 0. The van der Waals surface area contributed by atoms with E-state index in [1.165, 1.54) is 0 Å². The molecule has 0 aliphatic rings. The van der Waals surface area contributed by atoms with Crippen molar-refractivity contribution in [3.05, 3.63) is 58.9 Å². The molecule has 26 heavy (non-hydrogen) atoms. The van der Waals surface area contributed by atoms with Crippen LogP contribution in [0.2, 0.25) is 0 Å². The monoisotopic (exact) mass is 353 g/mol. The van der Waals surface area contributed by atoms with Crippen molar-refractivity contribution in [2.45, 2.75) is 33.3 Å². The second-order valence-electron chi connectivity index (χ2n) is 6.29. The van der Waals surface area contributed by atoms with Gasteiger partial charge < -0.3 is 14.6 Å². The molecule has 0 unspecified atom stereocenters. The van der Waals surface area contributed by atoms with Gasteiger partial charge in [0.05, 0.1) is 22.7 Å². The number of amides is 1. The Hall–Kier alpha value is -2.73. The number of aromatic nitrogens is 2. The molecule has 0 radical (unpaired) electrons. The molecule has 0 aliphatic carbocycles. The molecule has 1 aromatic carbocycles. The summed E-state index contributed by atoms with van der Waals surface area (Å²) < 4.78 is 11.0. The molecule has 3 rings (SSSR count). The van der Waals surface area contributed by atoms with Gasteiger partial charge >= 0.3 is 0 Å². The maximum Gasteiger partial charge on any atom is 0.258 e. The molecule has 6 heteroatoms. The van der Waals surface area contributed by atoms with Crippen LogP contribution in [-0.2, 0) is 4.74 Å². The van der Waals surface area contributed by atoms with Gasteiger partial charge in [-0.2, -0.15) is 0 Å². The molecule has 2 aromatic heterocycles. The van der Waals surface area contributed by atoms with Crippen LogP contribution < -0.4 is 5.32 Å². The van der Waals surface area contributed by atoms with E-state index in [4.69, 9.17) is 9.26 Å². The molecule has 0 fully saturated rings. The van der Waals surface area contributed by atoms with Gasteiger partial charge in [-0.1, -0.05) is 35.5 Å². The number of pyridine rings is 1. The normalized spacial score (nSPS) is 12.3. The van der Waals surface area contributed by atoms with Crippen LogP contribution in [0.4, 0.5) is 0 Å². The number of carbonyl (C=O) groups is 1. The average molecular weight is 353 g/mol. The fraction of sp³-hybridized carbons (Fsp3) is 0.350. The van der Waals surface area contributed by atoms with E-state index in [9.17, 15) is 4.79 Å². The minimum absolute atomic E-state index is 0.0361. The Balaban J connectivity index is 1.51. The van der Waals surface area contributed by atoms with Crippen molar-refractivity contribution in [3.8, 4) is 0 Å². The third kappa shape index (κ3) is 4.08. The zero-order valence-corrected chi connectivity index (χ0v) is 15.3. The number of ether oxygens (including phenoxy) is 1. The first-order chi connectivity index (χ1) is 12.6. The summed E-state index contributed by atoms with van der Waals surface area (Å²) in [6.45, 7) is 6.77. The standard InChI is InChI=1S/C20H23N3O3/c1-13-12-17(18-14(2)23-26-20(18)22-13)19(24)21-10-7-11-25-15(3)16-8-5-4-6-9-16/h4-6,8-9,12,15H,7,10-11H2,1-3H3,(H,21,24)/t15-/m1/s1. The molecule has 1 amide bonds. The minimum Gasteiger partial charge on any atom is -0.374 e. The number of hydrogen-bond donors (Lipinski definition) is 1. The van der Waals surface area contributed by atoms with Crippen LogP contribution in [0.25, 0.3) is 11.1 Å². The van der Waals surface area contributed by atoms with E-state index in [-0.39, 0.29) is 12.0 Å². The van der Waals surface area contributed by atoms with Crippen LogP contribution in [0.3, 0.4) is 0 Å². The SMILES string of the molecule is Cc1cc(C(=O)NCCCO[C@H](C)c2ccccc2)c2c(C)noc2n1. The van der Waals surface area contributed by atoms with Crippen LogP contribution in [-0.4, -0.2) is 29.2 Å². The lowest BCUT2D eigenvalue weighted by atomic mass is 10.1. The van der Waals surface area contributed by atoms with Gasteiger partial charge in [0.2, 0.25) is 0 Å². The molecule has 136 valence electrons. The summed E-state index contributed by atoms with van der Waals surface area (Å²) in [4.78, 5) is 16.8. The number of benzene rings is 1. The van der Waals surface area contributed by atoms with E-state index in [0.717, 1.165) is 17.7 Å². The minimum atomic E-state index is -0.150. The van der Waals surface area contributed by atoms with Crippen LogP contribution in [0, 0.1) is 13.8 Å². The third-order valence-corrected chi connectivity index (χ3v) is 4.23. The van der Waals surface area contributed by atoms with Crippen LogP contribution in [0.1, 0.15) is 46.8 Å². The van der Waals surface area contributed by atoms with Gasteiger partial charge in [0, 0.05) is 18.8 Å². The van der Waals surface area contributed by atoms with E-state index in [2.05, 4.69) is 15.5 Å². The van der Waals surface area contributed by atoms with Gasteiger partial charge in [-0.05, 0) is 38.8 Å². The summed E-state index contributed by atoms with van der Waals surface area (Å²) in [6, 6.07) is 11.8. The second-order valence-corrected chi connectivity index (χ2v) is 6.29. The highest BCUT2D eigenvalue weighted by molar-refractivity contribution is 6.05. The molecule has 0 spiro atoms. The van der Waals surface area contributed by atoms with Gasteiger partial charge in [-0.3, -0.25) is 4.79 Å². The van der Waals surface area contributed by atoms with Gasteiger partial charge in [-0.25, -0.2) is 4.98 Å². The first-order valence-corrected chi connectivity index (χ1v) is 8.74. The van der Waals surface area contributed by atoms with Crippen molar-refractivity contribution in [2.75, 3.05) is 13.2 Å². The number of aryl methyl sites for hydroxylation is 2. The van der Waals surface area contributed by atoms with Crippen LogP contribution in [0.5, 0.6) is 0 Å². The Morgan fingerprint density at radius 3 is 2.81 bits per heavy atom. The van der Waals surface area contributed by atoms with Crippen molar-refractivity contribution in [1.82, 2.24) is 15.5 Å². The average Bonchev–Trinajstić information content (AvgIpc) is 3.01. The number of carbonyl (C=O) groups excluding carboxylic acids is 1. The first-order valence-electron chi connectivity index (χ1n) is 8.74. The van der Waals surface area contributed by atoms with Crippen molar-refractivity contribution in [1.29, 1.82) is 0 Å². The van der Waals surface area contributed by atoms with Crippen molar-refractivity contribution < 1.29 is 14.1 Å². The molecule has 2 heterocycles. The smallest absolute Gasteiger partial charge is 0.258 e. The Bertz CT molecular complexity index is 890. The van der Waals surface area contributed by atoms with Crippen molar-refractivity contribution >= 4 is 17.0 Å². The summed E-state index contributed by atoms with van der Waals surface area (Å²) in [5.41, 5.74) is 3.48. The third-order valence-electron chi connectivity index (χ3n) is 4.23. The van der Waals surface area contributed by atoms with Crippen molar-refractivity contribution in [3.63, 3.8) is 0 Å². The van der Waals surface area contributed by atoms with Gasteiger partial charge in [0.1, 0.15) is 0 Å². The first kappa shape index (κ1) is 18.1. The van der Waals surface area contributed by atoms with Gasteiger partial charge in [0.25, 0.3) is 11.6 Å². The topological polar surface area (TPSA) is 77.2 Å². The number of nitrogens with one attached hydrogen (secondary N) is 1. The lowest BCUT2D eigenvalue weighted by Gasteiger charge is -2.13. The molecule has 0 saturated heterocycles. The van der Waals surface area contributed by atoms with E-state index >= 15 is 0 Å². The Morgan fingerprint density at radius 2 is 2.04 bits per heavy atom. The lowest BCUT2D eigenvalue weighted by molar-refractivity contribution is 0.0635. The molecule has 6 nitrogen and oxygen atoms in total. The maximum atomic E-state index is 12.5. The Kier molecular flexibility index (Phi) is 5.63. The highest BCUT2D eigenvalue weighted by atomic mass is 16.5. The molecule has 3 aromatic rings. The summed E-state index contributed by atoms with van der Waals surface area (Å²) in [5, 5.41) is 7.50. The fourth-order valence-corrected chi connectivity index (χ4v) is 2.85. The highest BCUT2D eigenvalue weighted by Gasteiger charge is 2.17. The Labute approximate surface area is 152 Å². The molecule has 1 N–H and O–H groups in total. The van der Waals surface area contributed by atoms with E-state index in [1.807, 2.05) is 44.2 Å². The number of fused-ring (bicyclic) bond motifs is 1. The van der Waals surface area contributed by atoms with E-state index in [1.54, 1.807) is 13.0 Å². The summed E-state index contributed by atoms with van der Waals surface area (Å²) in [6.07, 6.45) is 0.771. The zero-order valence-electron chi connectivity index (χ0n) is 15.3. The van der Waals surface area contributed by atoms with Gasteiger partial charge in [-0.15, -0.1) is 0 Å². The predicted molar refractivity (Wildman–Crippen MR) is 99.0 cm³/mol. The second kappa shape index (κ2) is 8.10. The fourth-order valence-electron chi connectivity index (χ4n) is 2.85. The number of rotatable bonds is 7. The largest absolute Gasteiger partial charge is 0.374 e. The molecule has 1 atom stereocenters. The van der Waals surface area contributed by atoms with Crippen LogP contribution >= 0.6 is 0 Å². The van der Waals surface area contributed by atoms with Gasteiger partial charge in [0.15, 0.2) is 0 Å². The van der Waals surface area contributed by atoms with Crippen LogP contribution in [0.15, 0.2) is 40.9 Å². The Morgan fingerprint density at radius 1 is 1.27 bits per heavy atom. The molecule has 0 saturated carbocycles.